The van der Waals surface area contributed by atoms with Gasteiger partial charge in [0.2, 0.25) is 0 Å². The second-order valence-electron chi connectivity index (χ2n) is 4.47. The van der Waals surface area contributed by atoms with Gasteiger partial charge in [-0.15, -0.1) is 0 Å². The second-order valence-corrected chi connectivity index (χ2v) is 4.47. The summed E-state index contributed by atoms with van der Waals surface area (Å²) >= 11 is 0. The number of hydrogen-bond donors (Lipinski definition) is 2. The zero-order chi connectivity index (χ0) is 14.4. The van der Waals surface area contributed by atoms with Crippen LogP contribution in [-0.2, 0) is 4.79 Å². The molecule has 2 N–H and O–H groups in total. The van der Waals surface area contributed by atoms with Gasteiger partial charge in [0, 0.05) is 6.04 Å². The van der Waals surface area contributed by atoms with E-state index in [-0.39, 0.29) is 29.9 Å². The third-order valence-electron chi connectivity index (χ3n) is 2.75. The van der Waals surface area contributed by atoms with Crippen LogP contribution in [0.15, 0.2) is 18.2 Å². The first-order chi connectivity index (χ1) is 8.93. The Balaban J connectivity index is 2.69. The standard InChI is InChI=1S/C14H19NO4/c1-4-10(3)15-13(16)8-19-12-7-9(2)5-6-11(12)14(17)18/h5-7,10H,4,8H2,1-3H3,(H,15,16)(H,17,18)/t10-/m0/s1. The molecule has 1 aromatic carbocycles. The van der Waals surface area contributed by atoms with E-state index in [1.807, 2.05) is 20.8 Å². The van der Waals surface area contributed by atoms with Crippen LogP contribution in [0, 0.1) is 6.92 Å². The molecule has 0 aliphatic rings. The van der Waals surface area contributed by atoms with E-state index in [1.54, 1.807) is 12.1 Å². The molecule has 0 heterocycles. The van der Waals surface area contributed by atoms with Crippen molar-refractivity contribution in [1.29, 1.82) is 0 Å². The smallest absolute Gasteiger partial charge is 0.339 e. The lowest BCUT2D eigenvalue weighted by molar-refractivity contribution is -0.123. The molecule has 0 spiro atoms. The number of carbonyl (C=O) groups excluding carboxylic acids is 1. The topological polar surface area (TPSA) is 75.6 Å². The lowest BCUT2D eigenvalue weighted by Gasteiger charge is -2.13. The van der Waals surface area contributed by atoms with Gasteiger partial charge in [0.25, 0.3) is 5.91 Å². The highest BCUT2D eigenvalue weighted by Crippen LogP contribution is 2.20. The number of aryl methyl sites for hydroxylation is 1. The molecule has 5 heteroatoms. The Hall–Kier alpha value is -2.04. The van der Waals surface area contributed by atoms with Gasteiger partial charge in [-0.05, 0) is 38.0 Å². The average Bonchev–Trinajstić information content (AvgIpc) is 2.35. The van der Waals surface area contributed by atoms with Gasteiger partial charge in [-0.25, -0.2) is 4.79 Å². The van der Waals surface area contributed by atoms with Gasteiger partial charge in [0.1, 0.15) is 11.3 Å². The molecule has 0 radical (unpaired) electrons. The van der Waals surface area contributed by atoms with Crippen LogP contribution in [0.3, 0.4) is 0 Å². The fourth-order valence-corrected chi connectivity index (χ4v) is 1.49. The summed E-state index contributed by atoms with van der Waals surface area (Å²) in [6, 6.07) is 4.85. The van der Waals surface area contributed by atoms with Crippen molar-refractivity contribution in [3.8, 4) is 5.75 Å². The molecule has 1 aromatic rings. The van der Waals surface area contributed by atoms with Crippen molar-refractivity contribution in [2.24, 2.45) is 0 Å². The number of ether oxygens (including phenoxy) is 1. The Bertz CT molecular complexity index is 471. The molecule has 5 nitrogen and oxygen atoms in total. The molecule has 1 rings (SSSR count). The highest BCUT2D eigenvalue weighted by molar-refractivity contribution is 5.91. The quantitative estimate of drug-likeness (QED) is 0.824. The number of carboxylic acid groups (broad SMARTS) is 1. The lowest BCUT2D eigenvalue weighted by Crippen LogP contribution is -2.35. The van der Waals surface area contributed by atoms with Crippen LogP contribution in [0.4, 0.5) is 0 Å². The molecule has 0 unspecified atom stereocenters. The molecule has 1 atom stereocenters. The van der Waals surface area contributed by atoms with Gasteiger partial charge >= 0.3 is 5.97 Å². The fraction of sp³-hybridized carbons (Fsp3) is 0.429. The first-order valence-electron chi connectivity index (χ1n) is 6.20. The number of benzene rings is 1. The van der Waals surface area contributed by atoms with Crippen LogP contribution >= 0.6 is 0 Å². The molecule has 0 aliphatic carbocycles. The van der Waals surface area contributed by atoms with E-state index in [9.17, 15) is 9.59 Å². The van der Waals surface area contributed by atoms with Crippen LogP contribution in [0.25, 0.3) is 0 Å². The van der Waals surface area contributed by atoms with Gasteiger partial charge in [-0.2, -0.15) is 0 Å². The van der Waals surface area contributed by atoms with Crippen LogP contribution in [-0.4, -0.2) is 29.6 Å². The van der Waals surface area contributed by atoms with Crippen LogP contribution in [0.2, 0.25) is 0 Å². The Labute approximate surface area is 112 Å². The first kappa shape index (κ1) is 15.0. The van der Waals surface area contributed by atoms with Crippen molar-refractivity contribution in [2.45, 2.75) is 33.2 Å². The minimum absolute atomic E-state index is 0.0574. The largest absolute Gasteiger partial charge is 0.483 e. The molecule has 104 valence electrons. The van der Waals surface area contributed by atoms with Crippen molar-refractivity contribution in [3.63, 3.8) is 0 Å². The predicted molar refractivity (Wildman–Crippen MR) is 71.5 cm³/mol. The van der Waals surface area contributed by atoms with E-state index in [4.69, 9.17) is 9.84 Å². The molecule has 0 saturated carbocycles. The van der Waals surface area contributed by atoms with E-state index in [2.05, 4.69) is 5.32 Å². The van der Waals surface area contributed by atoms with E-state index in [0.717, 1.165) is 12.0 Å². The summed E-state index contributed by atoms with van der Waals surface area (Å²) in [7, 11) is 0. The number of aromatic carboxylic acids is 1. The normalized spacial score (nSPS) is 11.7. The van der Waals surface area contributed by atoms with Gasteiger partial charge in [0.05, 0.1) is 0 Å². The first-order valence-corrected chi connectivity index (χ1v) is 6.20. The van der Waals surface area contributed by atoms with Gasteiger partial charge < -0.3 is 15.2 Å². The number of hydrogen-bond acceptors (Lipinski definition) is 3. The summed E-state index contributed by atoms with van der Waals surface area (Å²) < 4.78 is 5.29. The fourth-order valence-electron chi connectivity index (χ4n) is 1.49. The molecular weight excluding hydrogens is 246 g/mol. The van der Waals surface area contributed by atoms with E-state index < -0.39 is 5.97 Å². The van der Waals surface area contributed by atoms with Crippen molar-refractivity contribution in [1.82, 2.24) is 5.32 Å². The number of rotatable bonds is 6. The maximum absolute atomic E-state index is 11.6. The van der Waals surface area contributed by atoms with Crippen LogP contribution in [0.5, 0.6) is 5.75 Å². The molecule has 0 bridgehead atoms. The summed E-state index contributed by atoms with van der Waals surface area (Å²) in [5.74, 6) is -1.11. The monoisotopic (exact) mass is 265 g/mol. The van der Waals surface area contributed by atoms with Crippen LogP contribution < -0.4 is 10.1 Å². The van der Waals surface area contributed by atoms with E-state index >= 15 is 0 Å². The summed E-state index contributed by atoms with van der Waals surface area (Å²) in [4.78, 5) is 22.6. The lowest BCUT2D eigenvalue weighted by atomic mass is 10.1. The van der Waals surface area contributed by atoms with Crippen molar-refractivity contribution in [3.05, 3.63) is 29.3 Å². The summed E-state index contributed by atoms with van der Waals surface area (Å²) in [6.45, 7) is 5.51. The minimum atomic E-state index is -1.07. The number of nitrogens with one attached hydrogen (secondary N) is 1. The minimum Gasteiger partial charge on any atom is -0.483 e. The summed E-state index contributed by atoms with van der Waals surface area (Å²) in [5, 5.41) is 11.8. The number of amides is 1. The maximum atomic E-state index is 11.6. The SMILES string of the molecule is CC[C@H](C)NC(=O)COc1cc(C)ccc1C(=O)O. The van der Waals surface area contributed by atoms with Crippen molar-refractivity contribution >= 4 is 11.9 Å². The third kappa shape index (κ3) is 4.62. The highest BCUT2D eigenvalue weighted by atomic mass is 16.5. The molecule has 0 aliphatic heterocycles. The van der Waals surface area contributed by atoms with Gasteiger partial charge in [0.15, 0.2) is 6.61 Å². The van der Waals surface area contributed by atoms with Gasteiger partial charge in [-0.3, -0.25) is 4.79 Å². The Morgan fingerprint density at radius 3 is 2.68 bits per heavy atom. The summed E-state index contributed by atoms with van der Waals surface area (Å²) in [6.07, 6.45) is 0.830. The molecule has 19 heavy (non-hydrogen) atoms. The highest BCUT2D eigenvalue weighted by Gasteiger charge is 2.13. The molecule has 0 saturated heterocycles. The molecule has 0 fully saturated rings. The zero-order valence-corrected chi connectivity index (χ0v) is 11.4. The molecule has 0 aromatic heterocycles. The van der Waals surface area contributed by atoms with Crippen molar-refractivity contribution in [2.75, 3.05) is 6.61 Å². The maximum Gasteiger partial charge on any atom is 0.339 e. The van der Waals surface area contributed by atoms with E-state index in [1.165, 1.54) is 6.07 Å². The Morgan fingerprint density at radius 2 is 2.11 bits per heavy atom. The second kappa shape index (κ2) is 6.78. The number of carboxylic acids is 1. The van der Waals surface area contributed by atoms with Gasteiger partial charge in [-0.1, -0.05) is 13.0 Å². The number of carbonyl (C=O) groups is 2. The Morgan fingerprint density at radius 1 is 1.42 bits per heavy atom. The van der Waals surface area contributed by atoms with E-state index in [0.29, 0.717) is 0 Å². The van der Waals surface area contributed by atoms with Crippen LogP contribution in [0.1, 0.15) is 36.2 Å². The third-order valence-corrected chi connectivity index (χ3v) is 2.75. The molecular formula is C14H19NO4. The predicted octanol–water partition coefficient (Wildman–Crippen LogP) is 1.99. The zero-order valence-electron chi connectivity index (χ0n) is 11.4. The summed E-state index contributed by atoms with van der Waals surface area (Å²) in [5.41, 5.74) is 0.935. The Kier molecular flexibility index (Phi) is 5.36. The van der Waals surface area contributed by atoms with Crippen molar-refractivity contribution < 1.29 is 19.4 Å². The molecule has 1 amide bonds. The average molecular weight is 265 g/mol.